The van der Waals surface area contributed by atoms with Crippen molar-refractivity contribution in [2.45, 2.75) is 26.4 Å². The highest BCUT2D eigenvalue weighted by Crippen LogP contribution is 2.31. The van der Waals surface area contributed by atoms with Crippen LogP contribution in [0.5, 0.6) is 5.88 Å². The molecule has 0 aliphatic rings. The Hall–Kier alpha value is -1.11. The van der Waals surface area contributed by atoms with E-state index in [1.165, 1.54) is 9.75 Å². The van der Waals surface area contributed by atoms with Gasteiger partial charge in [-0.2, -0.15) is 4.98 Å². The number of thiophene rings is 1. The minimum absolute atomic E-state index is 0.336. The number of rotatable bonds is 6. The highest BCUT2D eigenvalue weighted by atomic mass is 32.1. The molecule has 0 aliphatic heterocycles. The molecule has 1 unspecified atom stereocenters. The molecule has 0 amide bonds. The molecular formula is C14H21N3OS2. The quantitative estimate of drug-likeness (QED) is 0.887. The number of hydrogen-bond acceptors (Lipinski definition) is 6. The number of hydrogen-bond donors (Lipinski definition) is 1. The minimum Gasteiger partial charge on any atom is -0.480 e. The maximum atomic E-state index is 5.35. The summed E-state index contributed by atoms with van der Waals surface area (Å²) in [6.07, 6.45) is 0. The lowest BCUT2D eigenvalue weighted by Crippen LogP contribution is -2.16. The zero-order chi connectivity index (χ0) is 14.7. The first-order valence-corrected chi connectivity index (χ1v) is 8.15. The van der Waals surface area contributed by atoms with Crippen molar-refractivity contribution in [2.24, 2.45) is 0 Å². The third-order valence-corrected chi connectivity index (χ3v) is 5.37. The van der Waals surface area contributed by atoms with E-state index in [0.29, 0.717) is 6.04 Å². The summed E-state index contributed by atoms with van der Waals surface area (Å²) in [4.78, 5) is 10.3. The van der Waals surface area contributed by atoms with Gasteiger partial charge >= 0.3 is 0 Å². The van der Waals surface area contributed by atoms with E-state index < -0.39 is 0 Å². The fourth-order valence-electron chi connectivity index (χ4n) is 1.82. The highest BCUT2D eigenvalue weighted by molar-refractivity contribution is 7.15. The molecule has 110 valence electrons. The number of methoxy groups -OCH3 is 1. The summed E-state index contributed by atoms with van der Waals surface area (Å²) in [5.74, 6) is 0.723. The Morgan fingerprint density at radius 1 is 1.35 bits per heavy atom. The minimum atomic E-state index is 0.336. The zero-order valence-electron chi connectivity index (χ0n) is 12.6. The summed E-state index contributed by atoms with van der Waals surface area (Å²) in [6.45, 7) is 5.09. The Labute approximate surface area is 128 Å². The Kier molecular flexibility index (Phi) is 5.01. The van der Waals surface area contributed by atoms with Crippen molar-refractivity contribution < 1.29 is 4.74 Å². The third kappa shape index (κ3) is 3.50. The van der Waals surface area contributed by atoms with Gasteiger partial charge in [0.2, 0.25) is 5.88 Å². The number of nitrogens with zero attached hydrogens (tertiary/aromatic N) is 2. The van der Waals surface area contributed by atoms with Crippen LogP contribution in [-0.2, 0) is 6.54 Å². The standard InChI is InChI=1S/C14H21N3OS2/c1-9-6-7-11(19-9)10(2)15-8-12-13(18-5)16-14(20-12)17(3)4/h6-7,10,15H,8H2,1-5H3. The van der Waals surface area contributed by atoms with Gasteiger partial charge in [-0.1, -0.05) is 11.3 Å². The monoisotopic (exact) mass is 311 g/mol. The summed E-state index contributed by atoms with van der Waals surface area (Å²) < 4.78 is 5.35. The van der Waals surface area contributed by atoms with Gasteiger partial charge in [-0.15, -0.1) is 11.3 Å². The van der Waals surface area contributed by atoms with Crippen molar-refractivity contribution in [3.05, 3.63) is 26.8 Å². The predicted octanol–water partition coefficient (Wildman–Crippen LogP) is 3.44. The van der Waals surface area contributed by atoms with Crippen LogP contribution in [0.15, 0.2) is 12.1 Å². The van der Waals surface area contributed by atoms with Crippen molar-refractivity contribution in [1.82, 2.24) is 10.3 Å². The molecule has 2 aromatic heterocycles. The lowest BCUT2D eigenvalue weighted by molar-refractivity contribution is 0.393. The number of aromatic nitrogens is 1. The van der Waals surface area contributed by atoms with E-state index in [9.17, 15) is 0 Å². The zero-order valence-corrected chi connectivity index (χ0v) is 14.2. The maximum absolute atomic E-state index is 5.35. The van der Waals surface area contributed by atoms with E-state index in [1.807, 2.05) is 30.3 Å². The van der Waals surface area contributed by atoms with E-state index in [0.717, 1.165) is 22.4 Å². The second kappa shape index (κ2) is 6.56. The Morgan fingerprint density at radius 2 is 2.10 bits per heavy atom. The van der Waals surface area contributed by atoms with Gasteiger partial charge in [0.15, 0.2) is 5.13 Å². The van der Waals surface area contributed by atoms with Gasteiger partial charge in [0.1, 0.15) is 0 Å². The number of aryl methyl sites for hydroxylation is 1. The molecule has 2 heterocycles. The summed E-state index contributed by atoms with van der Waals surface area (Å²) in [6, 6.07) is 4.69. The van der Waals surface area contributed by atoms with Crippen LogP contribution in [-0.4, -0.2) is 26.2 Å². The lowest BCUT2D eigenvalue weighted by atomic mass is 10.2. The van der Waals surface area contributed by atoms with Gasteiger partial charge in [-0.05, 0) is 26.0 Å². The van der Waals surface area contributed by atoms with Gasteiger partial charge in [0.05, 0.1) is 12.0 Å². The SMILES string of the molecule is COc1nc(N(C)C)sc1CNC(C)c1ccc(C)s1. The maximum Gasteiger partial charge on any atom is 0.230 e. The van der Waals surface area contributed by atoms with Crippen molar-refractivity contribution in [2.75, 3.05) is 26.1 Å². The Bertz CT molecular complexity index is 563. The first-order valence-electron chi connectivity index (χ1n) is 6.52. The fraction of sp³-hybridized carbons (Fsp3) is 0.500. The van der Waals surface area contributed by atoms with Crippen LogP contribution in [0, 0.1) is 6.92 Å². The predicted molar refractivity (Wildman–Crippen MR) is 87.3 cm³/mol. The smallest absolute Gasteiger partial charge is 0.230 e. The van der Waals surface area contributed by atoms with Gasteiger partial charge < -0.3 is 15.0 Å². The summed E-state index contributed by atoms with van der Waals surface area (Å²) in [7, 11) is 5.66. The van der Waals surface area contributed by atoms with Crippen LogP contribution in [0.2, 0.25) is 0 Å². The molecule has 0 aromatic carbocycles. The van der Waals surface area contributed by atoms with Crippen LogP contribution in [0.4, 0.5) is 5.13 Å². The van der Waals surface area contributed by atoms with E-state index in [4.69, 9.17) is 4.74 Å². The average Bonchev–Trinajstić information content (AvgIpc) is 3.01. The van der Waals surface area contributed by atoms with Crippen LogP contribution >= 0.6 is 22.7 Å². The van der Waals surface area contributed by atoms with E-state index >= 15 is 0 Å². The summed E-state index contributed by atoms with van der Waals surface area (Å²) in [5, 5.41) is 4.51. The molecule has 0 fully saturated rings. The second-order valence-corrected chi connectivity index (χ2v) is 7.26. The molecule has 4 nitrogen and oxygen atoms in total. The molecule has 2 rings (SSSR count). The van der Waals surface area contributed by atoms with Crippen LogP contribution < -0.4 is 15.0 Å². The fourth-order valence-corrected chi connectivity index (χ4v) is 3.63. The molecule has 6 heteroatoms. The molecule has 1 N–H and O–H groups in total. The topological polar surface area (TPSA) is 37.4 Å². The van der Waals surface area contributed by atoms with Gasteiger partial charge in [-0.25, -0.2) is 0 Å². The Balaban J connectivity index is 2.03. The van der Waals surface area contributed by atoms with Crippen LogP contribution in [0.1, 0.15) is 27.6 Å². The third-order valence-electron chi connectivity index (χ3n) is 2.98. The summed E-state index contributed by atoms with van der Waals surface area (Å²) in [5.41, 5.74) is 0. The van der Waals surface area contributed by atoms with Gasteiger partial charge in [0.25, 0.3) is 0 Å². The first kappa shape index (κ1) is 15.3. The molecule has 1 atom stereocenters. The van der Waals surface area contributed by atoms with Gasteiger partial charge in [0, 0.05) is 36.4 Å². The molecule has 0 spiro atoms. The number of anilines is 1. The van der Waals surface area contributed by atoms with Crippen LogP contribution in [0.25, 0.3) is 0 Å². The molecule has 0 saturated heterocycles. The second-order valence-electron chi connectivity index (χ2n) is 4.87. The van der Waals surface area contributed by atoms with E-state index in [-0.39, 0.29) is 0 Å². The molecule has 0 saturated carbocycles. The van der Waals surface area contributed by atoms with Crippen molar-refractivity contribution in [3.8, 4) is 5.88 Å². The van der Waals surface area contributed by atoms with Crippen molar-refractivity contribution in [1.29, 1.82) is 0 Å². The highest BCUT2D eigenvalue weighted by Gasteiger charge is 2.14. The van der Waals surface area contributed by atoms with Crippen LogP contribution in [0.3, 0.4) is 0 Å². The number of ether oxygens (including phenoxy) is 1. The molecule has 2 aromatic rings. The first-order chi connectivity index (χ1) is 9.51. The molecule has 20 heavy (non-hydrogen) atoms. The largest absolute Gasteiger partial charge is 0.480 e. The molecular weight excluding hydrogens is 290 g/mol. The molecule has 0 radical (unpaired) electrons. The Morgan fingerprint density at radius 3 is 2.65 bits per heavy atom. The van der Waals surface area contributed by atoms with Crippen molar-refractivity contribution >= 4 is 27.8 Å². The number of nitrogens with one attached hydrogen (secondary N) is 1. The average molecular weight is 311 g/mol. The van der Waals surface area contributed by atoms with Gasteiger partial charge in [-0.3, -0.25) is 0 Å². The normalized spacial score (nSPS) is 12.4. The van der Waals surface area contributed by atoms with Crippen molar-refractivity contribution in [3.63, 3.8) is 0 Å². The summed E-state index contributed by atoms with van der Waals surface area (Å²) >= 11 is 3.50. The molecule has 0 aliphatic carbocycles. The van der Waals surface area contributed by atoms with E-state index in [2.05, 4.69) is 36.3 Å². The lowest BCUT2D eigenvalue weighted by Gasteiger charge is -2.11. The molecule has 0 bridgehead atoms. The van der Waals surface area contributed by atoms with E-state index in [1.54, 1.807) is 18.4 Å². The number of thiazole rings is 1.